The highest BCUT2D eigenvalue weighted by molar-refractivity contribution is 6.21. The fourth-order valence-corrected chi connectivity index (χ4v) is 3.90. The number of rotatable bonds is 2. The number of fused-ring (bicyclic) bond motifs is 5. The summed E-state index contributed by atoms with van der Waals surface area (Å²) in [7, 11) is 1.60. The lowest BCUT2D eigenvalue weighted by Gasteiger charge is -2.40. The zero-order valence-electron chi connectivity index (χ0n) is 14.6. The molecule has 0 N–H and O–H groups in total. The molecule has 0 radical (unpaired) electrons. The molecular weight excluding hydrogens is 340 g/mol. The van der Waals surface area contributed by atoms with Crippen LogP contribution in [0.2, 0.25) is 0 Å². The lowest BCUT2D eigenvalue weighted by molar-refractivity contribution is 0.0949. The predicted octanol–water partition coefficient (Wildman–Crippen LogP) is 4.01. The highest BCUT2D eigenvalue weighted by Gasteiger charge is 2.48. The van der Waals surface area contributed by atoms with Gasteiger partial charge in [0.2, 0.25) is 0 Å². The van der Waals surface area contributed by atoms with Gasteiger partial charge in [-0.3, -0.25) is 19.4 Å². The third kappa shape index (κ3) is 2.11. The van der Waals surface area contributed by atoms with Gasteiger partial charge in [-0.25, -0.2) is 0 Å². The van der Waals surface area contributed by atoms with E-state index in [0.29, 0.717) is 22.6 Å². The summed E-state index contributed by atoms with van der Waals surface area (Å²) in [4.78, 5) is 29.9. The molecule has 2 aliphatic heterocycles. The van der Waals surface area contributed by atoms with Crippen molar-refractivity contribution in [2.45, 2.75) is 6.17 Å². The largest absolute Gasteiger partial charge is 0.497 e. The Morgan fingerprint density at radius 3 is 2.11 bits per heavy atom. The first kappa shape index (κ1) is 15.6. The summed E-state index contributed by atoms with van der Waals surface area (Å²) in [6.45, 7) is 0. The summed E-state index contributed by atoms with van der Waals surface area (Å²) in [5.41, 5.74) is 3.35. The molecular formula is C22H16N2O3. The van der Waals surface area contributed by atoms with Crippen LogP contribution in [0.3, 0.4) is 0 Å². The minimum absolute atomic E-state index is 0.0888. The fraction of sp³-hybridized carbons (Fsp3) is 0.0909. The Hall–Kier alpha value is -3.60. The molecule has 5 nitrogen and oxygen atoms in total. The molecule has 5 heteroatoms. The fourth-order valence-electron chi connectivity index (χ4n) is 3.90. The SMILES string of the molecule is COc1ccc(N2C(=O)c3ccccc3N3C(=O)c4ccccc4[C@@H]23)cc1. The number of amides is 2. The number of ether oxygens (including phenoxy) is 1. The summed E-state index contributed by atoms with van der Waals surface area (Å²) in [5, 5.41) is 0. The monoisotopic (exact) mass is 356 g/mol. The van der Waals surface area contributed by atoms with Gasteiger partial charge < -0.3 is 4.74 Å². The van der Waals surface area contributed by atoms with E-state index in [-0.39, 0.29) is 11.8 Å². The summed E-state index contributed by atoms with van der Waals surface area (Å²) >= 11 is 0. The van der Waals surface area contributed by atoms with E-state index in [4.69, 9.17) is 4.74 Å². The first-order chi connectivity index (χ1) is 13.2. The number of para-hydroxylation sites is 1. The second kappa shape index (κ2) is 5.71. The maximum absolute atomic E-state index is 13.4. The van der Waals surface area contributed by atoms with Gasteiger partial charge in [-0.2, -0.15) is 0 Å². The van der Waals surface area contributed by atoms with Gasteiger partial charge in [0, 0.05) is 16.8 Å². The molecule has 0 fully saturated rings. The lowest BCUT2D eigenvalue weighted by atomic mass is 10.0. The second-order valence-corrected chi connectivity index (χ2v) is 6.53. The van der Waals surface area contributed by atoms with Crippen molar-refractivity contribution in [3.8, 4) is 5.75 Å². The smallest absolute Gasteiger partial charge is 0.262 e. The van der Waals surface area contributed by atoms with E-state index in [1.807, 2.05) is 66.7 Å². The van der Waals surface area contributed by atoms with E-state index in [2.05, 4.69) is 0 Å². The summed E-state index contributed by atoms with van der Waals surface area (Å²) < 4.78 is 5.23. The molecule has 0 spiro atoms. The lowest BCUT2D eigenvalue weighted by Crippen LogP contribution is -2.48. The highest BCUT2D eigenvalue weighted by Crippen LogP contribution is 2.46. The molecule has 0 bridgehead atoms. The normalized spacial score (nSPS) is 17.4. The zero-order chi connectivity index (χ0) is 18.5. The quantitative estimate of drug-likeness (QED) is 0.697. The van der Waals surface area contributed by atoms with Gasteiger partial charge in [-0.15, -0.1) is 0 Å². The maximum Gasteiger partial charge on any atom is 0.262 e. The molecule has 2 amide bonds. The summed E-state index contributed by atoms with van der Waals surface area (Å²) in [5.74, 6) is 0.499. The van der Waals surface area contributed by atoms with Crippen molar-refractivity contribution in [1.82, 2.24) is 0 Å². The first-order valence-electron chi connectivity index (χ1n) is 8.70. The topological polar surface area (TPSA) is 49.9 Å². The molecule has 3 aromatic carbocycles. The van der Waals surface area contributed by atoms with Crippen molar-refractivity contribution in [3.63, 3.8) is 0 Å². The van der Waals surface area contributed by atoms with Crippen molar-refractivity contribution in [3.05, 3.63) is 89.5 Å². The number of hydrogen-bond acceptors (Lipinski definition) is 3. The Morgan fingerprint density at radius 2 is 1.37 bits per heavy atom. The Morgan fingerprint density at radius 1 is 0.741 bits per heavy atom. The van der Waals surface area contributed by atoms with Gasteiger partial charge in [0.1, 0.15) is 11.9 Å². The molecule has 2 heterocycles. The molecule has 0 saturated heterocycles. The van der Waals surface area contributed by atoms with E-state index in [0.717, 1.165) is 11.3 Å². The van der Waals surface area contributed by atoms with Crippen LogP contribution in [0.5, 0.6) is 5.75 Å². The number of carbonyl (C=O) groups is 2. The van der Waals surface area contributed by atoms with Gasteiger partial charge in [-0.1, -0.05) is 30.3 Å². The third-order valence-corrected chi connectivity index (χ3v) is 5.14. The number of nitrogens with zero attached hydrogens (tertiary/aromatic N) is 2. The van der Waals surface area contributed by atoms with Crippen LogP contribution in [0.4, 0.5) is 11.4 Å². The van der Waals surface area contributed by atoms with Crippen molar-refractivity contribution in [1.29, 1.82) is 0 Å². The van der Waals surface area contributed by atoms with E-state index in [9.17, 15) is 9.59 Å². The number of anilines is 2. The van der Waals surface area contributed by atoms with Crippen LogP contribution >= 0.6 is 0 Å². The third-order valence-electron chi connectivity index (χ3n) is 5.14. The molecule has 0 saturated carbocycles. The van der Waals surface area contributed by atoms with Crippen LogP contribution in [0.1, 0.15) is 32.4 Å². The molecule has 3 aromatic rings. The number of benzene rings is 3. The Kier molecular flexibility index (Phi) is 3.31. The van der Waals surface area contributed by atoms with Crippen molar-refractivity contribution >= 4 is 23.2 Å². The molecule has 132 valence electrons. The van der Waals surface area contributed by atoms with Gasteiger partial charge in [0.25, 0.3) is 11.8 Å². The summed E-state index contributed by atoms with van der Waals surface area (Å²) in [6, 6.07) is 22.0. The zero-order valence-corrected chi connectivity index (χ0v) is 14.6. The summed E-state index contributed by atoms with van der Waals surface area (Å²) in [6.07, 6.45) is -0.496. The van der Waals surface area contributed by atoms with Crippen LogP contribution in [0.15, 0.2) is 72.8 Å². The van der Waals surface area contributed by atoms with E-state index in [1.54, 1.807) is 23.0 Å². The van der Waals surface area contributed by atoms with Crippen molar-refractivity contribution in [2.24, 2.45) is 0 Å². The van der Waals surface area contributed by atoms with Gasteiger partial charge in [0.15, 0.2) is 0 Å². The minimum atomic E-state index is -0.496. The molecule has 27 heavy (non-hydrogen) atoms. The average Bonchev–Trinajstić information content (AvgIpc) is 3.02. The molecule has 0 aromatic heterocycles. The first-order valence-corrected chi connectivity index (χ1v) is 8.70. The maximum atomic E-state index is 13.4. The predicted molar refractivity (Wildman–Crippen MR) is 102 cm³/mol. The van der Waals surface area contributed by atoms with Crippen molar-refractivity contribution in [2.75, 3.05) is 16.9 Å². The minimum Gasteiger partial charge on any atom is -0.497 e. The van der Waals surface area contributed by atoms with Crippen LogP contribution in [0, 0.1) is 0 Å². The van der Waals surface area contributed by atoms with Gasteiger partial charge >= 0.3 is 0 Å². The van der Waals surface area contributed by atoms with E-state index < -0.39 is 6.17 Å². The van der Waals surface area contributed by atoms with E-state index in [1.165, 1.54) is 0 Å². The Labute approximate surface area is 156 Å². The number of hydrogen-bond donors (Lipinski definition) is 0. The number of carbonyl (C=O) groups excluding carboxylic acids is 2. The number of methoxy groups -OCH3 is 1. The van der Waals surface area contributed by atoms with Gasteiger partial charge in [-0.05, 0) is 42.5 Å². The van der Waals surface area contributed by atoms with Crippen molar-refractivity contribution < 1.29 is 14.3 Å². The van der Waals surface area contributed by atoms with Crippen LogP contribution in [-0.4, -0.2) is 18.9 Å². The molecule has 5 rings (SSSR count). The molecule has 2 aliphatic rings. The highest BCUT2D eigenvalue weighted by atomic mass is 16.5. The standard InChI is InChI=1S/C22H16N2O3/c1-27-15-12-10-14(11-13-15)23-20-16-6-2-3-7-17(16)21(25)24(20)19-9-5-4-8-18(19)22(23)26/h2-13,20H,1H3/t20-/m0/s1. The molecule has 0 aliphatic carbocycles. The van der Waals surface area contributed by atoms with E-state index >= 15 is 0 Å². The molecule has 1 atom stereocenters. The van der Waals surface area contributed by atoms with Crippen LogP contribution in [0.25, 0.3) is 0 Å². The molecule has 0 unspecified atom stereocenters. The Balaban J connectivity index is 1.75. The van der Waals surface area contributed by atoms with Crippen LogP contribution < -0.4 is 14.5 Å². The second-order valence-electron chi connectivity index (χ2n) is 6.53. The van der Waals surface area contributed by atoms with Gasteiger partial charge in [0.05, 0.1) is 18.4 Å². The average molecular weight is 356 g/mol. The Bertz CT molecular complexity index is 1070. The van der Waals surface area contributed by atoms with Crippen LogP contribution in [-0.2, 0) is 0 Å².